The zero-order valence-corrected chi connectivity index (χ0v) is 8.68. The highest BCUT2D eigenvalue weighted by molar-refractivity contribution is 7.09. The summed E-state index contributed by atoms with van der Waals surface area (Å²) in [5.41, 5.74) is 1.21. The van der Waals surface area contributed by atoms with Gasteiger partial charge in [0.2, 0.25) is 0 Å². The average molecular weight is 197 g/mol. The zero-order chi connectivity index (χ0) is 9.26. The van der Waals surface area contributed by atoms with E-state index < -0.39 is 6.10 Å². The first-order valence-corrected chi connectivity index (χ1v) is 5.78. The molecule has 0 bridgehead atoms. The Bertz CT molecular complexity index is 276. The molecule has 0 aromatic carbocycles. The van der Waals surface area contributed by atoms with Crippen molar-refractivity contribution in [2.24, 2.45) is 0 Å². The summed E-state index contributed by atoms with van der Waals surface area (Å²) in [6.45, 7) is 1.78. The highest BCUT2D eigenvalue weighted by Crippen LogP contribution is 2.35. The van der Waals surface area contributed by atoms with Gasteiger partial charge in [-0.1, -0.05) is 12.8 Å². The number of aliphatic hydroxyl groups is 1. The van der Waals surface area contributed by atoms with Crippen LogP contribution in [0.25, 0.3) is 0 Å². The van der Waals surface area contributed by atoms with Crippen molar-refractivity contribution in [1.29, 1.82) is 0 Å². The van der Waals surface area contributed by atoms with Crippen LogP contribution in [0, 0.1) is 0 Å². The van der Waals surface area contributed by atoms with E-state index in [-0.39, 0.29) is 0 Å². The maximum atomic E-state index is 9.33. The van der Waals surface area contributed by atoms with Gasteiger partial charge in [0.05, 0.1) is 5.69 Å². The molecular formula is C10H15NOS. The molecule has 1 aliphatic carbocycles. The summed E-state index contributed by atoms with van der Waals surface area (Å²) in [5.74, 6) is 0.670. The number of aromatic nitrogens is 1. The molecule has 0 saturated heterocycles. The predicted octanol–water partition coefficient (Wildman–Crippen LogP) is 2.85. The van der Waals surface area contributed by atoms with Gasteiger partial charge in [-0.15, -0.1) is 11.3 Å². The number of aliphatic hydroxyl groups excluding tert-OH is 1. The summed E-state index contributed by atoms with van der Waals surface area (Å²) >= 11 is 1.58. The number of hydrogen-bond acceptors (Lipinski definition) is 3. The zero-order valence-electron chi connectivity index (χ0n) is 7.86. The van der Waals surface area contributed by atoms with E-state index >= 15 is 0 Å². The van der Waals surface area contributed by atoms with E-state index in [0.717, 1.165) is 5.01 Å². The minimum absolute atomic E-state index is 0.403. The molecule has 0 aliphatic heterocycles. The maximum Gasteiger partial charge on any atom is 0.121 e. The molecule has 1 saturated carbocycles. The van der Waals surface area contributed by atoms with Gasteiger partial charge < -0.3 is 5.11 Å². The lowest BCUT2D eigenvalue weighted by molar-refractivity contribution is 0.198. The Kier molecular flexibility index (Phi) is 2.65. The predicted molar refractivity (Wildman–Crippen MR) is 54.0 cm³/mol. The molecule has 1 heterocycles. The fraction of sp³-hybridized carbons (Fsp3) is 0.700. The summed E-state index contributed by atoms with van der Waals surface area (Å²) in [4.78, 5) is 4.46. The van der Waals surface area contributed by atoms with E-state index in [9.17, 15) is 5.11 Å². The second-order valence-corrected chi connectivity index (χ2v) is 4.66. The Morgan fingerprint density at radius 1 is 1.54 bits per heavy atom. The molecule has 0 radical (unpaired) electrons. The van der Waals surface area contributed by atoms with Gasteiger partial charge in [0, 0.05) is 11.3 Å². The van der Waals surface area contributed by atoms with Crippen molar-refractivity contribution in [3.8, 4) is 0 Å². The van der Waals surface area contributed by atoms with E-state index in [1.54, 1.807) is 18.3 Å². The first kappa shape index (κ1) is 9.16. The van der Waals surface area contributed by atoms with Crippen LogP contribution in [0.5, 0.6) is 0 Å². The lowest BCUT2D eigenvalue weighted by Crippen LogP contribution is -1.95. The summed E-state index contributed by atoms with van der Waals surface area (Å²) in [7, 11) is 0. The number of hydrogen-bond donors (Lipinski definition) is 1. The lowest BCUT2D eigenvalue weighted by atomic mass is 10.1. The Hall–Kier alpha value is -0.410. The molecule has 1 aromatic rings. The Morgan fingerprint density at radius 2 is 2.23 bits per heavy atom. The van der Waals surface area contributed by atoms with Crippen LogP contribution >= 0.6 is 11.3 Å². The number of rotatable bonds is 2. The van der Waals surface area contributed by atoms with Gasteiger partial charge >= 0.3 is 0 Å². The van der Waals surface area contributed by atoms with Crippen molar-refractivity contribution in [2.45, 2.75) is 44.6 Å². The summed E-state index contributed by atoms with van der Waals surface area (Å²) in [5, 5.41) is 12.3. The van der Waals surface area contributed by atoms with Crippen molar-refractivity contribution in [2.75, 3.05) is 0 Å². The normalized spacial score (nSPS) is 20.8. The van der Waals surface area contributed by atoms with E-state index in [1.807, 2.05) is 0 Å². The topological polar surface area (TPSA) is 33.1 Å². The van der Waals surface area contributed by atoms with Crippen LogP contribution in [0.3, 0.4) is 0 Å². The molecule has 1 fully saturated rings. The molecule has 0 spiro atoms. The van der Waals surface area contributed by atoms with Gasteiger partial charge in [0.15, 0.2) is 0 Å². The smallest absolute Gasteiger partial charge is 0.121 e. The van der Waals surface area contributed by atoms with Gasteiger partial charge in [-0.3, -0.25) is 0 Å². The summed E-state index contributed by atoms with van der Waals surface area (Å²) in [6, 6.07) is 0. The Labute approximate surface area is 82.6 Å². The molecule has 3 heteroatoms. The molecule has 1 atom stereocenters. The maximum absolute atomic E-state index is 9.33. The molecule has 1 N–H and O–H groups in total. The van der Waals surface area contributed by atoms with E-state index in [2.05, 4.69) is 10.4 Å². The standard InChI is InChI=1S/C10H15NOS/c1-7(12)10-11-9(6-13-10)8-4-2-3-5-8/h6-8,12H,2-5H2,1H3. The van der Waals surface area contributed by atoms with Gasteiger partial charge in [-0.25, -0.2) is 4.98 Å². The third-order valence-corrected chi connectivity index (χ3v) is 3.70. The highest BCUT2D eigenvalue weighted by Gasteiger charge is 2.20. The SMILES string of the molecule is CC(O)c1nc(C2CCCC2)cs1. The van der Waals surface area contributed by atoms with Crippen LogP contribution in [0.1, 0.15) is 55.3 Å². The molecule has 2 rings (SSSR count). The van der Waals surface area contributed by atoms with Gasteiger partial charge in [-0.05, 0) is 19.8 Å². The Balaban J connectivity index is 2.12. The van der Waals surface area contributed by atoms with Crippen molar-refractivity contribution < 1.29 is 5.11 Å². The number of thiazole rings is 1. The minimum Gasteiger partial charge on any atom is -0.386 e. The van der Waals surface area contributed by atoms with Crippen LogP contribution in [0.2, 0.25) is 0 Å². The number of nitrogens with zero attached hydrogens (tertiary/aromatic N) is 1. The summed E-state index contributed by atoms with van der Waals surface area (Å²) in [6.07, 6.45) is 4.84. The summed E-state index contributed by atoms with van der Waals surface area (Å²) < 4.78 is 0. The van der Waals surface area contributed by atoms with Crippen molar-refractivity contribution >= 4 is 11.3 Å². The van der Waals surface area contributed by atoms with Crippen LogP contribution in [-0.2, 0) is 0 Å². The van der Waals surface area contributed by atoms with Crippen LogP contribution in [-0.4, -0.2) is 10.1 Å². The van der Waals surface area contributed by atoms with Crippen molar-refractivity contribution in [3.05, 3.63) is 16.1 Å². The highest BCUT2D eigenvalue weighted by atomic mass is 32.1. The second-order valence-electron chi connectivity index (χ2n) is 3.77. The fourth-order valence-corrected chi connectivity index (χ4v) is 2.74. The van der Waals surface area contributed by atoms with Crippen LogP contribution < -0.4 is 0 Å². The fourth-order valence-electron chi connectivity index (χ4n) is 1.90. The van der Waals surface area contributed by atoms with Crippen LogP contribution in [0.4, 0.5) is 0 Å². The van der Waals surface area contributed by atoms with E-state index in [0.29, 0.717) is 5.92 Å². The third kappa shape index (κ3) is 1.92. The van der Waals surface area contributed by atoms with E-state index in [1.165, 1.54) is 31.4 Å². The second kappa shape index (κ2) is 3.76. The Morgan fingerprint density at radius 3 is 2.77 bits per heavy atom. The van der Waals surface area contributed by atoms with Crippen molar-refractivity contribution in [1.82, 2.24) is 4.98 Å². The third-order valence-electron chi connectivity index (χ3n) is 2.67. The molecule has 0 amide bonds. The molecule has 13 heavy (non-hydrogen) atoms. The average Bonchev–Trinajstić information content (AvgIpc) is 2.75. The molecular weight excluding hydrogens is 182 g/mol. The molecule has 2 nitrogen and oxygen atoms in total. The largest absolute Gasteiger partial charge is 0.386 e. The van der Waals surface area contributed by atoms with Gasteiger partial charge in [0.1, 0.15) is 11.1 Å². The monoisotopic (exact) mass is 197 g/mol. The first-order chi connectivity index (χ1) is 6.27. The quantitative estimate of drug-likeness (QED) is 0.790. The molecule has 1 unspecified atom stereocenters. The first-order valence-electron chi connectivity index (χ1n) is 4.91. The van der Waals surface area contributed by atoms with Gasteiger partial charge in [0.25, 0.3) is 0 Å². The molecule has 72 valence electrons. The molecule has 1 aromatic heterocycles. The lowest BCUT2D eigenvalue weighted by Gasteiger charge is -2.03. The van der Waals surface area contributed by atoms with Gasteiger partial charge in [-0.2, -0.15) is 0 Å². The van der Waals surface area contributed by atoms with E-state index in [4.69, 9.17) is 0 Å². The molecule has 1 aliphatic rings. The van der Waals surface area contributed by atoms with Crippen molar-refractivity contribution in [3.63, 3.8) is 0 Å². The minimum atomic E-state index is -0.403. The van der Waals surface area contributed by atoms with Crippen LogP contribution in [0.15, 0.2) is 5.38 Å².